The molecule has 0 bridgehead atoms. The average molecular weight is 431 g/mol. The van der Waals surface area contributed by atoms with Crippen LogP contribution in [0.3, 0.4) is 0 Å². The van der Waals surface area contributed by atoms with E-state index in [1.165, 1.54) is 21.6 Å². The second-order valence-corrected chi connectivity index (χ2v) is 8.92. The fraction of sp³-hybridized carbons (Fsp3) is 0.190. The second kappa shape index (κ2) is 8.39. The molecule has 0 fully saturated rings. The number of fused-ring (bicyclic) bond motifs is 1. The predicted octanol–water partition coefficient (Wildman–Crippen LogP) is 6.31. The predicted molar refractivity (Wildman–Crippen MR) is 118 cm³/mol. The van der Waals surface area contributed by atoms with Gasteiger partial charge in [0.15, 0.2) is 0 Å². The Morgan fingerprint density at radius 3 is 2.57 bits per heavy atom. The number of nitrogens with two attached hydrogens (primary N) is 1. The molecule has 0 unspecified atom stereocenters. The summed E-state index contributed by atoms with van der Waals surface area (Å²) in [4.78, 5) is 5.41. The lowest BCUT2D eigenvalue weighted by molar-refractivity contribution is 0.292. The number of aryl methyl sites for hydroxylation is 1. The van der Waals surface area contributed by atoms with Crippen LogP contribution in [0.1, 0.15) is 22.9 Å². The number of halogens is 1. The van der Waals surface area contributed by atoms with E-state index < -0.39 is 0 Å². The molecule has 0 aliphatic carbocycles. The van der Waals surface area contributed by atoms with E-state index >= 15 is 0 Å². The number of anilines is 1. The van der Waals surface area contributed by atoms with E-state index in [0.29, 0.717) is 19.0 Å². The summed E-state index contributed by atoms with van der Waals surface area (Å²) in [6, 6.07) is 11.5. The first kappa shape index (κ1) is 19.1. The molecule has 0 spiro atoms. The Balaban J connectivity index is 1.46. The Kier molecular flexibility index (Phi) is 5.71. The molecule has 4 aromatic rings. The smallest absolute Gasteiger partial charge is 0.132 e. The van der Waals surface area contributed by atoms with Crippen molar-refractivity contribution in [2.75, 3.05) is 5.73 Å². The number of benzene rings is 1. The molecule has 28 heavy (non-hydrogen) atoms. The van der Waals surface area contributed by atoms with Crippen molar-refractivity contribution in [3.63, 3.8) is 0 Å². The Morgan fingerprint density at radius 2 is 1.86 bits per heavy atom. The SMILES string of the molecule is CCc1cnc(N)c2c(COc3cccc(OCc4ccc(Cl)s4)c3)csc12. The number of rotatable bonds is 7. The molecule has 4 rings (SSSR count). The van der Waals surface area contributed by atoms with Gasteiger partial charge in [0.1, 0.15) is 30.5 Å². The highest BCUT2D eigenvalue weighted by Gasteiger charge is 2.12. The van der Waals surface area contributed by atoms with Crippen molar-refractivity contribution in [1.29, 1.82) is 0 Å². The monoisotopic (exact) mass is 430 g/mol. The lowest BCUT2D eigenvalue weighted by Crippen LogP contribution is -1.99. The fourth-order valence-corrected chi connectivity index (χ4v) is 5.09. The maximum Gasteiger partial charge on any atom is 0.132 e. The summed E-state index contributed by atoms with van der Waals surface area (Å²) in [5.41, 5.74) is 8.39. The van der Waals surface area contributed by atoms with Crippen LogP contribution in [0.15, 0.2) is 48.0 Å². The van der Waals surface area contributed by atoms with Crippen LogP contribution in [0.25, 0.3) is 10.1 Å². The molecule has 4 nitrogen and oxygen atoms in total. The van der Waals surface area contributed by atoms with Crippen LogP contribution in [-0.4, -0.2) is 4.98 Å². The van der Waals surface area contributed by atoms with Crippen molar-refractivity contribution < 1.29 is 9.47 Å². The highest BCUT2D eigenvalue weighted by molar-refractivity contribution is 7.17. The molecule has 0 saturated carbocycles. The van der Waals surface area contributed by atoms with Crippen LogP contribution in [0.4, 0.5) is 5.82 Å². The van der Waals surface area contributed by atoms with Gasteiger partial charge in [-0.25, -0.2) is 4.98 Å². The lowest BCUT2D eigenvalue weighted by atomic mass is 10.1. The van der Waals surface area contributed by atoms with E-state index in [-0.39, 0.29) is 0 Å². The lowest BCUT2D eigenvalue weighted by Gasteiger charge is -2.09. The maximum absolute atomic E-state index is 6.13. The zero-order valence-electron chi connectivity index (χ0n) is 15.3. The van der Waals surface area contributed by atoms with Gasteiger partial charge >= 0.3 is 0 Å². The van der Waals surface area contributed by atoms with Crippen molar-refractivity contribution >= 4 is 50.2 Å². The fourth-order valence-electron chi connectivity index (χ4n) is 2.94. The number of hydrogen-bond donors (Lipinski definition) is 1. The Morgan fingerprint density at radius 1 is 1.07 bits per heavy atom. The zero-order chi connectivity index (χ0) is 19.5. The van der Waals surface area contributed by atoms with Crippen molar-refractivity contribution in [3.05, 3.63) is 68.3 Å². The summed E-state index contributed by atoms with van der Waals surface area (Å²) >= 11 is 9.17. The number of ether oxygens (including phenoxy) is 2. The van der Waals surface area contributed by atoms with Gasteiger partial charge in [0.2, 0.25) is 0 Å². The first-order chi connectivity index (χ1) is 13.6. The third kappa shape index (κ3) is 4.09. The molecular formula is C21H19ClN2O2S2. The average Bonchev–Trinajstić information content (AvgIpc) is 3.32. The molecule has 0 aliphatic rings. The van der Waals surface area contributed by atoms with Gasteiger partial charge in [0.05, 0.1) is 4.34 Å². The summed E-state index contributed by atoms with van der Waals surface area (Å²) in [5, 5.41) is 3.11. The molecule has 144 valence electrons. The molecular weight excluding hydrogens is 412 g/mol. The highest BCUT2D eigenvalue weighted by atomic mass is 35.5. The summed E-state index contributed by atoms with van der Waals surface area (Å²) in [6.45, 7) is 3.04. The molecule has 0 saturated heterocycles. The first-order valence-electron chi connectivity index (χ1n) is 8.87. The Hall–Kier alpha value is -2.28. The van der Waals surface area contributed by atoms with Crippen LogP contribution in [-0.2, 0) is 19.6 Å². The van der Waals surface area contributed by atoms with Crippen molar-refractivity contribution in [1.82, 2.24) is 4.98 Å². The number of aromatic nitrogens is 1. The van der Waals surface area contributed by atoms with Crippen molar-refractivity contribution in [3.8, 4) is 11.5 Å². The number of pyridine rings is 1. The van der Waals surface area contributed by atoms with Crippen molar-refractivity contribution in [2.45, 2.75) is 26.6 Å². The second-order valence-electron chi connectivity index (χ2n) is 6.25. The molecule has 3 aromatic heterocycles. The van der Waals surface area contributed by atoms with Gasteiger partial charge in [-0.3, -0.25) is 0 Å². The molecule has 3 heterocycles. The molecule has 7 heteroatoms. The third-order valence-corrected chi connectivity index (χ3v) is 6.67. The van der Waals surface area contributed by atoms with Crippen LogP contribution < -0.4 is 15.2 Å². The van der Waals surface area contributed by atoms with Crippen LogP contribution in [0, 0.1) is 0 Å². The van der Waals surface area contributed by atoms with E-state index in [9.17, 15) is 0 Å². The summed E-state index contributed by atoms with van der Waals surface area (Å²) < 4.78 is 13.8. The highest BCUT2D eigenvalue weighted by Crippen LogP contribution is 2.33. The van der Waals surface area contributed by atoms with E-state index in [0.717, 1.165) is 38.1 Å². The summed E-state index contributed by atoms with van der Waals surface area (Å²) in [6.07, 6.45) is 2.79. The van der Waals surface area contributed by atoms with Crippen LogP contribution in [0.2, 0.25) is 4.34 Å². The van der Waals surface area contributed by atoms with Gasteiger partial charge in [-0.15, -0.1) is 22.7 Å². The van der Waals surface area contributed by atoms with Gasteiger partial charge in [0.25, 0.3) is 0 Å². The van der Waals surface area contributed by atoms with Crippen LogP contribution in [0.5, 0.6) is 11.5 Å². The Labute approximate surface area is 176 Å². The zero-order valence-corrected chi connectivity index (χ0v) is 17.7. The first-order valence-corrected chi connectivity index (χ1v) is 10.9. The quantitative estimate of drug-likeness (QED) is 0.373. The number of nitrogens with zero attached hydrogens (tertiary/aromatic N) is 1. The number of nitrogen functional groups attached to an aromatic ring is 1. The van der Waals surface area contributed by atoms with Crippen LogP contribution >= 0.6 is 34.3 Å². The molecule has 1 aromatic carbocycles. The topological polar surface area (TPSA) is 57.4 Å². The van der Waals surface area contributed by atoms with E-state index in [2.05, 4.69) is 17.3 Å². The minimum absolute atomic E-state index is 0.434. The molecule has 0 aliphatic heterocycles. The van der Waals surface area contributed by atoms with Gasteiger partial charge in [-0.2, -0.15) is 0 Å². The van der Waals surface area contributed by atoms with E-state index in [4.69, 9.17) is 26.8 Å². The number of thiophene rings is 2. The van der Waals surface area contributed by atoms with E-state index in [1.807, 2.05) is 42.6 Å². The minimum Gasteiger partial charge on any atom is -0.489 e. The summed E-state index contributed by atoms with van der Waals surface area (Å²) in [7, 11) is 0. The largest absolute Gasteiger partial charge is 0.489 e. The molecule has 0 amide bonds. The molecule has 2 N–H and O–H groups in total. The van der Waals surface area contributed by atoms with Gasteiger partial charge in [-0.1, -0.05) is 24.6 Å². The number of hydrogen-bond acceptors (Lipinski definition) is 6. The molecule has 0 radical (unpaired) electrons. The third-order valence-electron chi connectivity index (χ3n) is 4.37. The standard InChI is InChI=1S/C21H19ClN2O2S2/c1-2-13-9-24-21(23)19-14(12-27-20(13)19)10-25-15-4-3-5-16(8-15)26-11-17-6-7-18(22)28-17/h3-9,12H,2,10-11H2,1H3,(H2,23,24). The van der Waals surface area contributed by atoms with Gasteiger partial charge in [0, 0.05) is 32.8 Å². The van der Waals surface area contributed by atoms with Gasteiger partial charge < -0.3 is 15.2 Å². The van der Waals surface area contributed by atoms with E-state index in [1.54, 1.807) is 11.3 Å². The Bertz CT molecular complexity index is 1110. The maximum atomic E-state index is 6.13. The van der Waals surface area contributed by atoms with Crippen molar-refractivity contribution in [2.24, 2.45) is 0 Å². The summed E-state index contributed by atoms with van der Waals surface area (Å²) in [5.74, 6) is 2.06. The van der Waals surface area contributed by atoms with Gasteiger partial charge in [-0.05, 0) is 41.6 Å². The normalized spacial score (nSPS) is 11.1. The minimum atomic E-state index is 0.434. The molecule has 0 atom stereocenters.